The van der Waals surface area contributed by atoms with Gasteiger partial charge in [0.1, 0.15) is 4.90 Å². The molecule has 7 heteroatoms. The second-order valence-corrected chi connectivity index (χ2v) is 5.20. The molecule has 2 N–H and O–H groups in total. The lowest BCUT2D eigenvalue weighted by molar-refractivity contribution is -0.117. The van der Waals surface area contributed by atoms with Crippen molar-refractivity contribution in [2.24, 2.45) is 0 Å². The zero-order chi connectivity index (χ0) is 12.6. The largest absolute Gasteiger partial charge is 0.391 e. The number of aliphatic hydroxyl groups is 1. The first kappa shape index (κ1) is 12.0. The van der Waals surface area contributed by atoms with Crippen molar-refractivity contribution in [1.29, 1.82) is 0 Å². The molecule has 0 saturated carbocycles. The second kappa shape index (κ2) is 4.10. The van der Waals surface area contributed by atoms with Gasteiger partial charge in [-0.25, -0.2) is 0 Å². The van der Waals surface area contributed by atoms with Crippen LogP contribution >= 0.6 is 0 Å². The van der Waals surface area contributed by atoms with Gasteiger partial charge in [-0.2, -0.15) is 8.42 Å². The molecule has 1 aliphatic rings. The maximum Gasteiger partial charge on any atom is 0.296 e. The van der Waals surface area contributed by atoms with E-state index in [9.17, 15) is 18.3 Å². The van der Waals surface area contributed by atoms with Crippen molar-refractivity contribution in [2.75, 3.05) is 11.4 Å². The normalized spacial score (nSPS) is 20.9. The van der Waals surface area contributed by atoms with E-state index in [2.05, 4.69) is 0 Å². The second-order valence-electron chi connectivity index (χ2n) is 3.81. The number of amides is 1. The van der Waals surface area contributed by atoms with E-state index in [1.807, 2.05) is 0 Å². The highest BCUT2D eigenvalue weighted by Crippen LogP contribution is 2.28. The molecule has 0 spiro atoms. The molecule has 0 aliphatic carbocycles. The van der Waals surface area contributed by atoms with E-state index >= 15 is 0 Å². The number of anilines is 1. The van der Waals surface area contributed by atoms with Crippen LogP contribution in [0.5, 0.6) is 0 Å². The van der Waals surface area contributed by atoms with Crippen molar-refractivity contribution in [1.82, 2.24) is 0 Å². The van der Waals surface area contributed by atoms with Crippen LogP contribution in [0.15, 0.2) is 29.2 Å². The summed E-state index contributed by atoms with van der Waals surface area (Å²) in [7, 11) is -4.39. The molecule has 6 nitrogen and oxygen atoms in total. The summed E-state index contributed by atoms with van der Waals surface area (Å²) in [5.41, 5.74) is 0.0940. The molecule has 1 fully saturated rings. The number of hydrogen-bond donors (Lipinski definition) is 2. The van der Waals surface area contributed by atoms with E-state index in [-0.39, 0.29) is 29.5 Å². The summed E-state index contributed by atoms with van der Waals surface area (Å²) in [4.78, 5) is 12.4. The molecular formula is C10H11NO5S. The summed E-state index contributed by atoms with van der Waals surface area (Å²) in [5, 5.41) is 9.35. The molecule has 17 heavy (non-hydrogen) atoms. The number of para-hydroxylation sites is 1. The van der Waals surface area contributed by atoms with Crippen LogP contribution in [0.25, 0.3) is 0 Å². The van der Waals surface area contributed by atoms with Crippen LogP contribution < -0.4 is 4.90 Å². The summed E-state index contributed by atoms with van der Waals surface area (Å²) in [5.74, 6) is -0.367. The molecule has 1 saturated heterocycles. The third-order valence-corrected chi connectivity index (χ3v) is 3.44. The minimum atomic E-state index is -4.39. The number of benzene rings is 1. The van der Waals surface area contributed by atoms with Crippen molar-refractivity contribution in [2.45, 2.75) is 17.4 Å². The Balaban J connectivity index is 2.50. The Hall–Kier alpha value is -1.44. The number of carbonyl (C=O) groups is 1. The Morgan fingerprint density at radius 1 is 1.29 bits per heavy atom. The van der Waals surface area contributed by atoms with Gasteiger partial charge in [-0.15, -0.1) is 0 Å². The Morgan fingerprint density at radius 3 is 2.47 bits per heavy atom. The van der Waals surface area contributed by atoms with Gasteiger partial charge in [-0.3, -0.25) is 9.35 Å². The average molecular weight is 257 g/mol. The predicted molar refractivity (Wildman–Crippen MR) is 59.2 cm³/mol. The maximum absolute atomic E-state index is 11.6. The van der Waals surface area contributed by atoms with Gasteiger partial charge < -0.3 is 10.0 Å². The van der Waals surface area contributed by atoms with Crippen molar-refractivity contribution >= 4 is 21.7 Å². The molecule has 0 bridgehead atoms. The molecule has 1 atom stereocenters. The van der Waals surface area contributed by atoms with Crippen LogP contribution in [0.4, 0.5) is 5.69 Å². The van der Waals surface area contributed by atoms with Gasteiger partial charge in [0.15, 0.2) is 0 Å². The van der Waals surface area contributed by atoms with Crippen molar-refractivity contribution in [3.05, 3.63) is 24.3 Å². The predicted octanol–water partition coefficient (Wildman–Crippen LogP) is 0.0309. The summed E-state index contributed by atoms with van der Waals surface area (Å²) < 4.78 is 31.4. The summed E-state index contributed by atoms with van der Waals surface area (Å²) in [6.45, 7) is 0.0331. The topological polar surface area (TPSA) is 94.9 Å². The molecular weight excluding hydrogens is 246 g/mol. The number of β-amino-alcohol motifs (C(OH)–C–C–N with tert-alkyl or cyclic N) is 1. The first-order valence-electron chi connectivity index (χ1n) is 4.94. The molecule has 0 aromatic heterocycles. The molecule has 1 unspecified atom stereocenters. The molecule has 0 radical (unpaired) electrons. The molecule has 1 aliphatic heterocycles. The van der Waals surface area contributed by atoms with E-state index in [4.69, 9.17) is 4.55 Å². The Kier molecular flexibility index (Phi) is 2.90. The SMILES string of the molecule is O=C1CC(O)CN1c1ccccc1S(=O)(=O)O. The summed E-state index contributed by atoms with van der Waals surface area (Å²) >= 11 is 0. The monoisotopic (exact) mass is 257 g/mol. The molecule has 1 amide bonds. The number of aliphatic hydroxyl groups excluding tert-OH is 1. The maximum atomic E-state index is 11.6. The highest BCUT2D eigenvalue weighted by Gasteiger charge is 2.32. The van der Waals surface area contributed by atoms with Crippen LogP contribution in [-0.2, 0) is 14.9 Å². The lowest BCUT2D eigenvalue weighted by Crippen LogP contribution is -2.26. The van der Waals surface area contributed by atoms with E-state index in [0.29, 0.717) is 0 Å². The first-order chi connectivity index (χ1) is 7.89. The van der Waals surface area contributed by atoms with E-state index in [0.717, 1.165) is 4.90 Å². The van der Waals surface area contributed by atoms with Crippen molar-refractivity contribution < 1.29 is 22.9 Å². The van der Waals surface area contributed by atoms with Crippen LogP contribution in [0.2, 0.25) is 0 Å². The lowest BCUT2D eigenvalue weighted by Gasteiger charge is -2.18. The number of carbonyl (C=O) groups excluding carboxylic acids is 1. The Labute approximate surface area is 98.2 Å². The smallest absolute Gasteiger partial charge is 0.296 e. The minimum Gasteiger partial charge on any atom is -0.391 e. The first-order valence-corrected chi connectivity index (χ1v) is 6.38. The third-order valence-electron chi connectivity index (χ3n) is 2.54. The van der Waals surface area contributed by atoms with Gasteiger partial charge in [0, 0.05) is 0 Å². The molecule has 1 aromatic carbocycles. The van der Waals surface area contributed by atoms with Crippen molar-refractivity contribution in [3.63, 3.8) is 0 Å². The van der Waals surface area contributed by atoms with Gasteiger partial charge in [0.25, 0.3) is 10.1 Å². The van der Waals surface area contributed by atoms with Gasteiger partial charge in [0.05, 0.1) is 24.8 Å². The Bertz CT molecular complexity index is 554. The third kappa shape index (κ3) is 2.31. The molecule has 92 valence electrons. The van der Waals surface area contributed by atoms with Gasteiger partial charge >= 0.3 is 0 Å². The van der Waals surface area contributed by atoms with Crippen LogP contribution in [0, 0.1) is 0 Å². The molecule has 1 heterocycles. The van der Waals surface area contributed by atoms with E-state index in [1.54, 1.807) is 6.07 Å². The number of hydrogen-bond acceptors (Lipinski definition) is 4. The van der Waals surface area contributed by atoms with Crippen LogP contribution in [0.1, 0.15) is 6.42 Å². The minimum absolute atomic E-state index is 0.0331. The molecule has 2 rings (SSSR count). The van der Waals surface area contributed by atoms with E-state index in [1.165, 1.54) is 18.2 Å². The van der Waals surface area contributed by atoms with Crippen LogP contribution in [0.3, 0.4) is 0 Å². The average Bonchev–Trinajstić information content (AvgIpc) is 2.56. The standard InChI is InChI=1S/C10H11NO5S/c12-7-5-10(13)11(6-7)8-3-1-2-4-9(8)17(14,15)16/h1-4,7,12H,5-6H2,(H,14,15,16). The number of nitrogens with zero attached hydrogens (tertiary/aromatic N) is 1. The zero-order valence-corrected chi connectivity index (χ0v) is 9.59. The van der Waals surface area contributed by atoms with E-state index < -0.39 is 16.2 Å². The fourth-order valence-corrected chi connectivity index (χ4v) is 2.51. The number of rotatable bonds is 2. The van der Waals surface area contributed by atoms with Gasteiger partial charge in [-0.1, -0.05) is 12.1 Å². The zero-order valence-electron chi connectivity index (χ0n) is 8.78. The Morgan fingerprint density at radius 2 is 1.94 bits per heavy atom. The van der Waals surface area contributed by atoms with Crippen molar-refractivity contribution in [3.8, 4) is 0 Å². The summed E-state index contributed by atoms with van der Waals surface area (Å²) in [6, 6.07) is 5.63. The summed E-state index contributed by atoms with van der Waals surface area (Å²) in [6.07, 6.45) is -0.850. The van der Waals surface area contributed by atoms with Gasteiger partial charge in [-0.05, 0) is 12.1 Å². The van der Waals surface area contributed by atoms with Crippen LogP contribution in [-0.4, -0.2) is 36.6 Å². The highest BCUT2D eigenvalue weighted by atomic mass is 32.2. The van der Waals surface area contributed by atoms with Gasteiger partial charge in [0.2, 0.25) is 5.91 Å². The lowest BCUT2D eigenvalue weighted by atomic mass is 10.3. The fraction of sp³-hybridized carbons (Fsp3) is 0.300. The fourth-order valence-electron chi connectivity index (χ4n) is 1.82. The quantitative estimate of drug-likeness (QED) is 0.729. The molecule has 1 aromatic rings. The highest BCUT2D eigenvalue weighted by molar-refractivity contribution is 7.86.